The number of hydrogen-bond acceptors (Lipinski definition) is 3. The molecule has 132 valence electrons. The van der Waals surface area contributed by atoms with E-state index in [1.165, 1.54) is 28.8 Å². The van der Waals surface area contributed by atoms with E-state index in [0.29, 0.717) is 22.2 Å². The van der Waals surface area contributed by atoms with Gasteiger partial charge in [-0.05, 0) is 42.8 Å². The molecule has 1 heterocycles. The number of carbonyl (C=O) groups excluding carboxylic acids is 1. The normalized spacial score (nSPS) is 10.7. The first-order valence-corrected chi connectivity index (χ1v) is 7.97. The Morgan fingerprint density at radius 2 is 2.04 bits per heavy atom. The van der Waals surface area contributed by atoms with Crippen LogP contribution in [0.2, 0.25) is 0 Å². The Labute approximate surface area is 149 Å². The number of carbonyl (C=O) groups is 1. The van der Waals surface area contributed by atoms with E-state index in [1.54, 1.807) is 31.2 Å². The molecular formula is C20H17FN2O3. The predicted octanol–water partition coefficient (Wildman–Crippen LogP) is 3.59. The minimum Gasteiger partial charge on any atom is -0.506 e. The number of allylic oxidation sites excluding steroid dienone is 1. The number of hydrogen-bond donors (Lipinski definition) is 2. The molecular weight excluding hydrogens is 335 g/mol. The fourth-order valence-corrected chi connectivity index (χ4v) is 2.86. The number of amides is 1. The molecule has 0 aliphatic rings. The van der Waals surface area contributed by atoms with Crippen LogP contribution in [-0.4, -0.2) is 15.6 Å². The molecule has 0 unspecified atom stereocenters. The Morgan fingerprint density at radius 1 is 1.31 bits per heavy atom. The molecule has 0 saturated carbocycles. The van der Waals surface area contributed by atoms with Gasteiger partial charge in [-0.1, -0.05) is 18.2 Å². The van der Waals surface area contributed by atoms with E-state index in [-0.39, 0.29) is 17.9 Å². The van der Waals surface area contributed by atoms with Crippen molar-refractivity contribution >= 4 is 22.5 Å². The highest BCUT2D eigenvalue weighted by atomic mass is 19.1. The fourth-order valence-electron chi connectivity index (χ4n) is 2.86. The molecule has 0 aliphatic heterocycles. The van der Waals surface area contributed by atoms with Gasteiger partial charge < -0.3 is 15.0 Å². The standard InChI is InChI=1S/C20H17FN2O3/c1-3-10-23-16-7-5-4-6-14(16)18(24)17(20(23)26)19(25)22-15-9-8-13(21)11-12(15)2/h3-9,11,24H,1,10H2,2H3,(H,22,25). The van der Waals surface area contributed by atoms with Crippen molar-refractivity contribution in [3.05, 3.63) is 82.4 Å². The lowest BCUT2D eigenvalue weighted by Crippen LogP contribution is -2.29. The maximum absolute atomic E-state index is 13.2. The highest BCUT2D eigenvalue weighted by Crippen LogP contribution is 2.27. The third-order valence-electron chi connectivity index (χ3n) is 4.12. The molecule has 0 radical (unpaired) electrons. The molecule has 3 aromatic rings. The van der Waals surface area contributed by atoms with Gasteiger partial charge in [0, 0.05) is 17.6 Å². The van der Waals surface area contributed by atoms with Gasteiger partial charge in [0.2, 0.25) is 0 Å². The summed E-state index contributed by atoms with van der Waals surface area (Å²) in [5.74, 6) is -1.57. The summed E-state index contributed by atoms with van der Waals surface area (Å²) in [6, 6.07) is 10.6. The van der Waals surface area contributed by atoms with Crippen molar-refractivity contribution in [3.63, 3.8) is 0 Å². The molecule has 6 heteroatoms. The van der Waals surface area contributed by atoms with Gasteiger partial charge in [-0.2, -0.15) is 0 Å². The zero-order chi connectivity index (χ0) is 18.8. The van der Waals surface area contributed by atoms with Crippen LogP contribution in [0.5, 0.6) is 5.75 Å². The summed E-state index contributed by atoms with van der Waals surface area (Å²) in [6.07, 6.45) is 1.54. The van der Waals surface area contributed by atoms with Gasteiger partial charge in [0.15, 0.2) is 0 Å². The third kappa shape index (κ3) is 2.97. The number of pyridine rings is 1. The number of nitrogens with one attached hydrogen (secondary N) is 1. The first kappa shape index (κ1) is 17.4. The molecule has 1 aromatic heterocycles. The van der Waals surface area contributed by atoms with Crippen LogP contribution >= 0.6 is 0 Å². The Hall–Kier alpha value is -3.41. The summed E-state index contributed by atoms with van der Waals surface area (Å²) in [4.78, 5) is 25.5. The highest BCUT2D eigenvalue weighted by Gasteiger charge is 2.22. The molecule has 5 nitrogen and oxygen atoms in total. The number of benzene rings is 2. The number of fused-ring (bicyclic) bond motifs is 1. The summed E-state index contributed by atoms with van der Waals surface area (Å²) in [5, 5.41) is 13.5. The first-order chi connectivity index (χ1) is 12.4. The Kier molecular flexibility index (Phi) is 4.58. The average Bonchev–Trinajstić information content (AvgIpc) is 2.61. The minimum absolute atomic E-state index is 0.190. The SMILES string of the molecule is C=CCn1c(=O)c(C(=O)Nc2ccc(F)cc2C)c(O)c2ccccc21. The maximum atomic E-state index is 13.2. The molecule has 0 fully saturated rings. The number of para-hydroxylation sites is 1. The molecule has 0 aliphatic carbocycles. The second-order valence-corrected chi connectivity index (χ2v) is 5.86. The van der Waals surface area contributed by atoms with Crippen LogP contribution in [0.4, 0.5) is 10.1 Å². The van der Waals surface area contributed by atoms with E-state index in [4.69, 9.17) is 0 Å². The summed E-state index contributed by atoms with van der Waals surface area (Å²) >= 11 is 0. The van der Waals surface area contributed by atoms with Gasteiger partial charge in [0.25, 0.3) is 11.5 Å². The largest absolute Gasteiger partial charge is 0.506 e. The van der Waals surface area contributed by atoms with E-state index in [0.717, 1.165) is 0 Å². The number of aromatic hydroxyl groups is 1. The minimum atomic E-state index is -0.759. The van der Waals surface area contributed by atoms with Gasteiger partial charge >= 0.3 is 0 Å². The second-order valence-electron chi connectivity index (χ2n) is 5.86. The highest BCUT2D eigenvalue weighted by molar-refractivity contribution is 6.09. The first-order valence-electron chi connectivity index (χ1n) is 7.97. The topological polar surface area (TPSA) is 71.3 Å². The third-order valence-corrected chi connectivity index (χ3v) is 4.12. The zero-order valence-corrected chi connectivity index (χ0v) is 14.1. The summed E-state index contributed by atoms with van der Waals surface area (Å²) in [5.41, 5.74) is 0.376. The number of aryl methyl sites for hydroxylation is 1. The van der Waals surface area contributed by atoms with E-state index >= 15 is 0 Å². The maximum Gasteiger partial charge on any atom is 0.268 e. The van der Waals surface area contributed by atoms with Crippen LogP contribution in [0.1, 0.15) is 15.9 Å². The monoisotopic (exact) mass is 352 g/mol. The van der Waals surface area contributed by atoms with Crippen molar-refractivity contribution in [2.24, 2.45) is 0 Å². The van der Waals surface area contributed by atoms with Crippen molar-refractivity contribution in [2.75, 3.05) is 5.32 Å². The van der Waals surface area contributed by atoms with Crippen molar-refractivity contribution in [2.45, 2.75) is 13.5 Å². The molecule has 3 rings (SSSR count). The zero-order valence-electron chi connectivity index (χ0n) is 14.1. The molecule has 1 amide bonds. The van der Waals surface area contributed by atoms with Gasteiger partial charge in [-0.15, -0.1) is 6.58 Å². The molecule has 2 N–H and O–H groups in total. The Morgan fingerprint density at radius 3 is 2.73 bits per heavy atom. The van der Waals surface area contributed by atoms with Crippen molar-refractivity contribution in [1.29, 1.82) is 0 Å². The van der Waals surface area contributed by atoms with Crippen LogP contribution < -0.4 is 10.9 Å². The smallest absolute Gasteiger partial charge is 0.268 e. The van der Waals surface area contributed by atoms with E-state index in [2.05, 4.69) is 11.9 Å². The van der Waals surface area contributed by atoms with Crippen LogP contribution in [0.15, 0.2) is 59.9 Å². The Balaban J connectivity index is 2.16. The molecule has 2 aromatic carbocycles. The van der Waals surface area contributed by atoms with Crippen molar-refractivity contribution < 1.29 is 14.3 Å². The van der Waals surface area contributed by atoms with E-state index in [1.807, 2.05) is 0 Å². The molecule has 0 saturated heterocycles. The second kappa shape index (κ2) is 6.84. The van der Waals surface area contributed by atoms with Crippen molar-refractivity contribution in [3.8, 4) is 5.75 Å². The number of nitrogens with zero attached hydrogens (tertiary/aromatic N) is 1. The fraction of sp³-hybridized carbons (Fsp3) is 0.100. The lowest BCUT2D eigenvalue weighted by molar-refractivity contribution is 0.102. The van der Waals surface area contributed by atoms with Gasteiger partial charge in [0.05, 0.1) is 5.52 Å². The summed E-state index contributed by atoms with van der Waals surface area (Å²) in [7, 11) is 0. The molecule has 26 heavy (non-hydrogen) atoms. The summed E-state index contributed by atoms with van der Waals surface area (Å²) in [6.45, 7) is 5.45. The lowest BCUT2D eigenvalue weighted by Gasteiger charge is -2.14. The van der Waals surface area contributed by atoms with Gasteiger partial charge in [0.1, 0.15) is 17.1 Å². The molecule has 0 spiro atoms. The van der Waals surface area contributed by atoms with Crippen LogP contribution in [0.3, 0.4) is 0 Å². The Bertz CT molecular complexity index is 1090. The number of halogens is 1. The van der Waals surface area contributed by atoms with E-state index in [9.17, 15) is 19.1 Å². The van der Waals surface area contributed by atoms with Crippen LogP contribution in [-0.2, 0) is 6.54 Å². The number of rotatable bonds is 4. The predicted molar refractivity (Wildman–Crippen MR) is 99.2 cm³/mol. The number of anilines is 1. The number of aromatic nitrogens is 1. The summed E-state index contributed by atoms with van der Waals surface area (Å²) < 4.78 is 14.6. The molecule has 0 atom stereocenters. The van der Waals surface area contributed by atoms with Gasteiger partial charge in [-0.25, -0.2) is 4.39 Å². The lowest BCUT2D eigenvalue weighted by atomic mass is 10.1. The average molecular weight is 352 g/mol. The molecule has 0 bridgehead atoms. The quantitative estimate of drug-likeness (QED) is 0.705. The van der Waals surface area contributed by atoms with Crippen LogP contribution in [0, 0.1) is 12.7 Å². The van der Waals surface area contributed by atoms with Crippen LogP contribution in [0.25, 0.3) is 10.9 Å². The van der Waals surface area contributed by atoms with Crippen molar-refractivity contribution in [1.82, 2.24) is 4.57 Å². The van der Waals surface area contributed by atoms with E-state index < -0.39 is 17.3 Å². The van der Waals surface area contributed by atoms with Gasteiger partial charge in [-0.3, -0.25) is 9.59 Å².